The Morgan fingerprint density at radius 2 is 1.59 bits per heavy atom. The molecule has 0 aliphatic carbocycles. The Morgan fingerprint density at radius 1 is 0.838 bits per heavy atom. The molecule has 0 N–H and O–H groups in total. The van der Waals surface area contributed by atoms with Crippen LogP contribution in [0.15, 0.2) is 79.0 Å². The first kappa shape index (κ1) is 24.0. The predicted molar refractivity (Wildman–Crippen MR) is 147 cm³/mol. The number of benzene rings is 3. The molecule has 2 aliphatic rings. The summed E-state index contributed by atoms with van der Waals surface area (Å²) >= 11 is 6.39. The zero-order chi connectivity index (χ0) is 25.4. The standard InChI is InChI=1S/C30H30ClFN4O/c31-23-6-11-29-27(20-23)28(21-36(29)26-9-7-24(32)8-10-26)22-12-14-33(15-13-22)16-17-34-18-19-35(30(34)37)25-4-2-1-3-5-25/h1-11,20-22H,12-19H2. The Labute approximate surface area is 221 Å². The second kappa shape index (κ2) is 10.2. The molecule has 2 saturated heterocycles. The van der Waals surface area contributed by atoms with E-state index in [4.69, 9.17) is 11.6 Å². The normalized spacial score (nSPS) is 17.3. The highest BCUT2D eigenvalue weighted by molar-refractivity contribution is 6.31. The number of carbonyl (C=O) groups excluding carboxylic acids is 1. The number of aromatic nitrogens is 1. The Kier molecular flexibility index (Phi) is 6.61. The van der Waals surface area contributed by atoms with E-state index in [2.05, 4.69) is 21.7 Å². The van der Waals surface area contributed by atoms with Crippen LogP contribution in [0.25, 0.3) is 16.6 Å². The quantitative estimate of drug-likeness (QED) is 0.291. The van der Waals surface area contributed by atoms with E-state index in [1.165, 1.54) is 23.1 Å². The fourth-order valence-corrected chi connectivity index (χ4v) is 5.91. The summed E-state index contributed by atoms with van der Waals surface area (Å²) < 4.78 is 15.7. The third-order valence-electron chi connectivity index (χ3n) is 7.78. The second-order valence-corrected chi connectivity index (χ2v) is 10.4. The monoisotopic (exact) mass is 516 g/mol. The van der Waals surface area contributed by atoms with E-state index in [-0.39, 0.29) is 11.8 Å². The van der Waals surface area contributed by atoms with Crippen molar-refractivity contribution in [2.45, 2.75) is 18.8 Å². The maximum Gasteiger partial charge on any atom is 0.324 e. The molecule has 2 amide bonds. The minimum atomic E-state index is -0.237. The largest absolute Gasteiger partial charge is 0.324 e. The number of anilines is 1. The van der Waals surface area contributed by atoms with Crippen molar-refractivity contribution >= 4 is 34.2 Å². The van der Waals surface area contributed by atoms with Crippen LogP contribution < -0.4 is 4.90 Å². The Bertz CT molecular complexity index is 1400. The maximum atomic E-state index is 13.5. The number of rotatable bonds is 6. The molecule has 0 saturated carbocycles. The number of likely N-dealkylation sites (tertiary alicyclic amines) is 1. The van der Waals surface area contributed by atoms with Crippen molar-refractivity contribution in [2.75, 3.05) is 44.2 Å². The summed E-state index contributed by atoms with van der Waals surface area (Å²) in [5.41, 5.74) is 4.30. The van der Waals surface area contributed by atoms with E-state index < -0.39 is 0 Å². The summed E-state index contributed by atoms with van der Waals surface area (Å²) in [6.45, 7) is 5.16. The van der Waals surface area contributed by atoms with Gasteiger partial charge in [0, 0.05) is 54.2 Å². The smallest absolute Gasteiger partial charge is 0.321 e. The van der Waals surface area contributed by atoms with Crippen molar-refractivity contribution in [3.63, 3.8) is 0 Å². The molecular weight excluding hydrogens is 487 g/mol. The highest BCUT2D eigenvalue weighted by atomic mass is 35.5. The molecule has 0 spiro atoms. The molecule has 0 bridgehead atoms. The Morgan fingerprint density at radius 3 is 2.35 bits per heavy atom. The van der Waals surface area contributed by atoms with E-state index in [1.807, 2.05) is 64.4 Å². The van der Waals surface area contributed by atoms with Gasteiger partial charge < -0.3 is 14.4 Å². The number of hydrogen-bond acceptors (Lipinski definition) is 2. The van der Waals surface area contributed by atoms with Gasteiger partial charge in [0.1, 0.15) is 5.82 Å². The van der Waals surface area contributed by atoms with Crippen LogP contribution in [0.1, 0.15) is 24.3 Å². The summed E-state index contributed by atoms with van der Waals surface area (Å²) in [6, 6.07) is 22.6. The van der Waals surface area contributed by atoms with Crippen molar-refractivity contribution in [1.82, 2.24) is 14.4 Å². The van der Waals surface area contributed by atoms with Crippen LogP contribution in [-0.4, -0.2) is 59.7 Å². The molecular formula is C30H30ClFN4O. The van der Waals surface area contributed by atoms with E-state index in [0.717, 1.165) is 74.0 Å². The highest BCUT2D eigenvalue weighted by Crippen LogP contribution is 2.37. The Balaban J connectivity index is 1.11. The molecule has 3 heterocycles. The van der Waals surface area contributed by atoms with Crippen LogP contribution in [0.2, 0.25) is 5.02 Å². The van der Waals surface area contributed by atoms with E-state index in [1.54, 1.807) is 0 Å². The van der Waals surface area contributed by atoms with Gasteiger partial charge in [-0.2, -0.15) is 0 Å². The molecule has 1 aromatic heterocycles. The Hall–Kier alpha value is -3.35. The fraction of sp³-hybridized carbons (Fsp3) is 0.300. The van der Waals surface area contributed by atoms with Gasteiger partial charge in [-0.3, -0.25) is 4.90 Å². The molecule has 0 atom stereocenters. The van der Waals surface area contributed by atoms with Gasteiger partial charge in [-0.25, -0.2) is 9.18 Å². The lowest BCUT2D eigenvalue weighted by molar-refractivity contribution is 0.182. The van der Waals surface area contributed by atoms with E-state index in [0.29, 0.717) is 5.92 Å². The number of fused-ring (bicyclic) bond motifs is 1. The molecule has 5 nitrogen and oxygen atoms in total. The molecule has 4 aromatic rings. The van der Waals surface area contributed by atoms with Gasteiger partial charge >= 0.3 is 6.03 Å². The van der Waals surface area contributed by atoms with Gasteiger partial charge in [-0.05, 0) is 92.0 Å². The maximum absolute atomic E-state index is 13.5. The van der Waals surface area contributed by atoms with Gasteiger partial charge in [0.25, 0.3) is 0 Å². The van der Waals surface area contributed by atoms with E-state index in [9.17, 15) is 9.18 Å². The van der Waals surface area contributed by atoms with Crippen molar-refractivity contribution in [3.05, 3.63) is 95.4 Å². The zero-order valence-corrected chi connectivity index (χ0v) is 21.4. The summed E-state index contributed by atoms with van der Waals surface area (Å²) in [5.74, 6) is 0.195. The summed E-state index contributed by atoms with van der Waals surface area (Å²) in [7, 11) is 0. The summed E-state index contributed by atoms with van der Waals surface area (Å²) in [6.07, 6.45) is 4.31. The molecule has 7 heteroatoms. The SMILES string of the molecule is O=C1N(CCN2CCC(c3cn(-c4ccc(F)cc4)c4ccc(Cl)cc34)CC2)CCN1c1ccccc1. The number of halogens is 2. The number of nitrogens with zero attached hydrogens (tertiary/aromatic N) is 4. The second-order valence-electron chi connectivity index (χ2n) is 9.97. The van der Waals surface area contributed by atoms with Crippen LogP contribution in [0.3, 0.4) is 0 Å². The lowest BCUT2D eigenvalue weighted by atomic mass is 9.89. The summed E-state index contributed by atoms with van der Waals surface area (Å²) in [4.78, 5) is 19.2. The lowest BCUT2D eigenvalue weighted by Gasteiger charge is -2.33. The molecule has 3 aromatic carbocycles. The number of carbonyl (C=O) groups is 1. The first-order valence-corrected chi connectivity index (χ1v) is 13.3. The minimum absolute atomic E-state index is 0.103. The van der Waals surface area contributed by atoms with Crippen molar-refractivity contribution in [2.24, 2.45) is 0 Å². The zero-order valence-electron chi connectivity index (χ0n) is 20.7. The number of piperidine rings is 1. The molecule has 2 aliphatic heterocycles. The van der Waals surface area contributed by atoms with Crippen molar-refractivity contribution < 1.29 is 9.18 Å². The third-order valence-corrected chi connectivity index (χ3v) is 8.01. The molecule has 0 radical (unpaired) electrons. The topological polar surface area (TPSA) is 31.7 Å². The average molecular weight is 517 g/mol. The molecule has 2 fully saturated rings. The van der Waals surface area contributed by atoms with Crippen LogP contribution in [0.5, 0.6) is 0 Å². The molecule has 0 unspecified atom stereocenters. The minimum Gasteiger partial charge on any atom is -0.321 e. The van der Waals surface area contributed by atoms with Crippen molar-refractivity contribution in [1.29, 1.82) is 0 Å². The average Bonchev–Trinajstić information content (AvgIpc) is 3.49. The predicted octanol–water partition coefficient (Wildman–Crippen LogP) is 6.54. The van der Waals surface area contributed by atoms with Crippen LogP contribution in [0.4, 0.5) is 14.9 Å². The first-order valence-electron chi connectivity index (χ1n) is 13.0. The van der Waals surface area contributed by atoms with Crippen LogP contribution in [0, 0.1) is 5.82 Å². The third kappa shape index (κ3) is 4.83. The van der Waals surface area contributed by atoms with Gasteiger partial charge in [-0.15, -0.1) is 0 Å². The lowest BCUT2D eigenvalue weighted by Crippen LogP contribution is -2.41. The summed E-state index contributed by atoms with van der Waals surface area (Å²) in [5, 5.41) is 1.89. The van der Waals surface area contributed by atoms with E-state index >= 15 is 0 Å². The molecule has 190 valence electrons. The van der Waals surface area contributed by atoms with Crippen LogP contribution in [-0.2, 0) is 0 Å². The van der Waals surface area contributed by atoms with Crippen LogP contribution >= 0.6 is 11.6 Å². The fourth-order valence-electron chi connectivity index (χ4n) is 5.74. The number of amides is 2. The molecule has 6 rings (SSSR count). The number of hydrogen-bond donors (Lipinski definition) is 0. The highest BCUT2D eigenvalue weighted by Gasteiger charge is 2.30. The first-order chi connectivity index (χ1) is 18.1. The van der Waals surface area contributed by atoms with Gasteiger partial charge in [0.15, 0.2) is 0 Å². The number of urea groups is 1. The van der Waals surface area contributed by atoms with Gasteiger partial charge in [0.2, 0.25) is 0 Å². The molecule has 37 heavy (non-hydrogen) atoms. The van der Waals surface area contributed by atoms with Gasteiger partial charge in [-0.1, -0.05) is 29.8 Å². The number of para-hydroxylation sites is 1. The van der Waals surface area contributed by atoms with Gasteiger partial charge in [0.05, 0.1) is 5.52 Å². The van der Waals surface area contributed by atoms with Crippen molar-refractivity contribution in [3.8, 4) is 5.69 Å².